The van der Waals surface area contributed by atoms with E-state index in [0.29, 0.717) is 5.02 Å². The summed E-state index contributed by atoms with van der Waals surface area (Å²) in [6.07, 6.45) is 1.86. The lowest BCUT2D eigenvalue weighted by Gasteiger charge is -2.19. The van der Waals surface area contributed by atoms with Crippen LogP contribution in [0.5, 0.6) is 0 Å². The van der Waals surface area contributed by atoms with Gasteiger partial charge in [-0.3, -0.25) is 0 Å². The molecule has 2 nitrogen and oxygen atoms in total. The van der Waals surface area contributed by atoms with Gasteiger partial charge >= 0.3 is 0 Å². The molecule has 0 bridgehead atoms. The van der Waals surface area contributed by atoms with Crippen molar-refractivity contribution >= 4 is 22.5 Å². The smallest absolute Gasteiger partial charge is 0.0847 e. The van der Waals surface area contributed by atoms with Crippen LogP contribution in [0.2, 0.25) is 5.02 Å². The zero-order chi connectivity index (χ0) is 11.2. The van der Waals surface area contributed by atoms with Gasteiger partial charge in [0.2, 0.25) is 0 Å². The summed E-state index contributed by atoms with van der Waals surface area (Å²) >= 11 is 6.16. The highest BCUT2D eigenvalue weighted by atomic mass is 35.5. The normalized spacial score (nSPS) is 12.3. The Balaban J connectivity index is 2.87. The molecule has 2 aromatic rings. The molecule has 1 aromatic heterocycles. The maximum Gasteiger partial charge on any atom is 0.0847 e. The lowest BCUT2D eigenvalue weighted by Crippen LogP contribution is -2.15. The fourth-order valence-electron chi connectivity index (χ4n) is 1.90. The first-order chi connectivity index (χ1) is 6.91. The molecule has 0 aliphatic rings. The molecular formula is C12H14ClNO. The van der Waals surface area contributed by atoms with Gasteiger partial charge in [-0.25, -0.2) is 0 Å². The first-order valence-electron chi connectivity index (χ1n) is 4.87. The average molecular weight is 224 g/mol. The topological polar surface area (TPSA) is 25.2 Å². The standard InChI is InChI=1S/C12H14ClNO/c1-12(2,15)8-5-4-6-10-11(8)9(13)7-14(10)3/h4-7,15H,1-3H3. The summed E-state index contributed by atoms with van der Waals surface area (Å²) in [4.78, 5) is 0. The van der Waals surface area contributed by atoms with Crippen LogP contribution < -0.4 is 0 Å². The van der Waals surface area contributed by atoms with E-state index in [1.807, 2.05) is 36.0 Å². The van der Waals surface area contributed by atoms with E-state index >= 15 is 0 Å². The van der Waals surface area contributed by atoms with Gasteiger partial charge < -0.3 is 9.67 Å². The van der Waals surface area contributed by atoms with Crippen molar-refractivity contribution in [3.63, 3.8) is 0 Å². The van der Waals surface area contributed by atoms with Crippen molar-refractivity contribution in [3.8, 4) is 0 Å². The van der Waals surface area contributed by atoms with Gasteiger partial charge in [0, 0.05) is 24.1 Å². The molecule has 0 unspecified atom stereocenters. The number of benzene rings is 1. The Morgan fingerprint density at radius 3 is 2.60 bits per heavy atom. The highest BCUT2D eigenvalue weighted by Gasteiger charge is 2.21. The monoisotopic (exact) mass is 223 g/mol. The maximum atomic E-state index is 10.1. The largest absolute Gasteiger partial charge is 0.386 e. The molecule has 3 heteroatoms. The van der Waals surface area contributed by atoms with Crippen LogP contribution in [-0.4, -0.2) is 9.67 Å². The maximum absolute atomic E-state index is 10.1. The predicted octanol–water partition coefficient (Wildman–Crippen LogP) is 3.06. The van der Waals surface area contributed by atoms with Gasteiger partial charge in [-0.15, -0.1) is 0 Å². The average Bonchev–Trinajstić information content (AvgIpc) is 2.41. The summed E-state index contributed by atoms with van der Waals surface area (Å²) in [7, 11) is 1.95. The minimum absolute atomic E-state index is 0.685. The molecule has 0 radical (unpaired) electrons. The van der Waals surface area contributed by atoms with Crippen LogP contribution in [0.3, 0.4) is 0 Å². The summed E-state index contributed by atoms with van der Waals surface area (Å²) < 4.78 is 1.97. The molecule has 0 saturated carbocycles. The minimum Gasteiger partial charge on any atom is -0.386 e. The molecule has 1 heterocycles. The van der Waals surface area contributed by atoms with Crippen molar-refractivity contribution in [1.82, 2.24) is 4.57 Å². The Labute approximate surface area is 94.1 Å². The lowest BCUT2D eigenvalue weighted by molar-refractivity contribution is 0.0802. The van der Waals surface area contributed by atoms with Crippen LogP contribution in [0.4, 0.5) is 0 Å². The van der Waals surface area contributed by atoms with Crippen LogP contribution >= 0.6 is 11.6 Å². The van der Waals surface area contributed by atoms with Crippen LogP contribution in [0.1, 0.15) is 19.4 Å². The number of aliphatic hydroxyl groups is 1. The van der Waals surface area contributed by atoms with E-state index in [0.717, 1.165) is 16.5 Å². The Morgan fingerprint density at radius 1 is 1.33 bits per heavy atom. The van der Waals surface area contributed by atoms with Crippen molar-refractivity contribution in [2.45, 2.75) is 19.4 Å². The Morgan fingerprint density at radius 2 is 2.00 bits per heavy atom. The Bertz CT molecular complexity index is 508. The first-order valence-corrected chi connectivity index (χ1v) is 5.25. The van der Waals surface area contributed by atoms with E-state index in [9.17, 15) is 5.11 Å². The molecule has 0 atom stereocenters. The zero-order valence-electron chi connectivity index (χ0n) is 9.08. The van der Waals surface area contributed by atoms with Crippen molar-refractivity contribution < 1.29 is 5.11 Å². The molecule has 0 aliphatic carbocycles. The number of aromatic nitrogens is 1. The summed E-state index contributed by atoms with van der Waals surface area (Å²) in [5.41, 5.74) is 1.04. The van der Waals surface area contributed by atoms with Gasteiger partial charge in [-0.2, -0.15) is 0 Å². The number of hydrogen-bond acceptors (Lipinski definition) is 1. The molecule has 80 valence electrons. The van der Waals surface area contributed by atoms with Crippen molar-refractivity contribution in [1.29, 1.82) is 0 Å². The third kappa shape index (κ3) is 1.64. The fourth-order valence-corrected chi connectivity index (χ4v) is 2.24. The highest BCUT2D eigenvalue weighted by Crippen LogP contribution is 2.34. The van der Waals surface area contributed by atoms with Gasteiger partial charge in [0.15, 0.2) is 0 Å². The third-order valence-electron chi connectivity index (χ3n) is 2.63. The lowest BCUT2D eigenvalue weighted by atomic mass is 9.95. The SMILES string of the molecule is Cn1cc(Cl)c2c(C(C)(C)O)cccc21. The van der Waals surface area contributed by atoms with E-state index in [1.54, 1.807) is 13.8 Å². The number of fused-ring (bicyclic) bond motifs is 1. The molecule has 1 aromatic carbocycles. The molecule has 2 rings (SSSR count). The van der Waals surface area contributed by atoms with Crippen LogP contribution in [0.15, 0.2) is 24.4 Å². The second kappa shape index (κ2) is 3.26. The summed E-state index contributed by atoms with van der Waals surface area (Å²) in [6, 6.07) is 5.84. The van der Waals surface area contributed by atoms with E-state index in [-0.39, 0.29) is 0 Å². The summed E-state index contributed by atoms with van der Waals surface area (Å²) in [5.74, 6) is 0. The molecule has 0 saturated heterocycles. The molecule has 0 spiro atoms. The predicted molar refractivity (Wildman–Crippen MR) is 63.2 cm³/mol. The van der Waals surface area contributed by atoms with Crippen molar-refractivity contribution in [2.75, 3.05) is 0 Å². The fraction of sp³-hybridized carbons (Fsp3) is 0.333. The van der Waals surface area contributed by atoms with Crippen molar-refractivity contribution in [3.05, 3.63) is 35.0 Å². The first kappa shape index (κ1) is 10.5. The van der Waals surface area contributed by atoms with Gasteiger partial charge in [0.1, 0.15) is 0 Å². The second-order valence-electron chi connectivity index (χ2n) is 4.35. The number of rotatable bonds is 1. The Kier molecular flexibility index (Phi) is 2.28. The van der Waals surface area contributed by atoms with Crippen LogP contribution in [-0.2, 0) is 12.6 Å². The highest BCUT2D eigenvalue weighted by molar-refractivity contribution is 6.36. The van der Waals surface area contributed by atoms with Gasteiger partial charge in [-0.05, 0) is 25.5 Å². The second-order valence-corrected chi connectivity index (χ2v) is 4.75. The van der Waals surface area contributed by atoms with E-state index in [2.05, 4.69) is 0 Å². The number of aryl methyl sites for hydroxylation is 1. The molecule has 1 N–H and O–H groups in total. The zero-order valence-corrected chi connectivity index (χ0v) is 9.84. The van der Waals surface area contributed by atoms with Gasteiger partial charge in [0.05, 0.1) is 10.6 Å². The van der Waals surface area contributed by atoms with E-state index in [4.69, 9.17) is 11.6 Å². The molecule has 15 heavy (non-hydrogen) atoms. The third-order valence-corrected chi connectivity index (χ3v) is 2.91. The summed E-state index contributed by atoms with van der Waals surface area (Å²) in [6.45, 7) is 3.54. The molecule has 0 aliphatic heterocycles. The number of hydrogen-bond donors (Lipinski definition) is 1. The molecule has 0 amide bonds. The van der Waals surface area contributed by atoms with E-state index in [1.165, 1.54) is 0 Å². The van der Waals surface area contributed by atoms with Gasteiger partial charge in [-0.1, -0.05) is 23.7 Å². The van der Waals surface area contributed by atoms with E-state index < -0.39 is 5.60 Å². The quantitative estimate of drug-likeness (QED) is 0.790. The van der Waals surface area contributed by atoms with Gasteiger partial charge in [0.25, 0.3) is 0 Å². The number of nitrogens with zero attached hydrogens (tertiary/aromatic N) is 1. The van der Waals surface area contributed by atoms with Crippen LogP contribution in [0.25, 0.3) is 10.9 Å². The van der Waals surface area contributed by atoms with Crippen molar-refractivity contribution in [2.24, 2.45) is 7.05 Å². The Hall–Kier alpha value is -0.990. The molecule has 0 fully saturated rings. The summed E-state index contributed by atoms with van der Waals surface area (Å²) in [5, 5.41) is 11.7. The molecular weight excluding hydrogens is 210 g/mol. The number of halogens is 1. The van der Waals surface area contributed by atoms with Crippen LogP contribution in [0, 0.1) is 0 Å². The minimum atomic E-state index is -0.871.